The van der Waals surface area contributed by atoms with E-state index in [9.17, 15) is 0 Å². The van der Waals surface area contributed by atoms with Crippen LogP contribution in [0.2, 0.25) is 0 Å². The highest BCUT2D eigenvalue weighted by Gasteiger charge is 2.17. The molecule has 0 N–H and O–H groups in total. The number of para-hydroxylation sites is 1. The number of thiazole rings is 1. The first-order valence-corrected chi connectivity index (χ1v) is 13.5. The van der Waals surface area contributed by atoms with Gasteiger partial charge in [0.15, 0.2) is 11.0 Å². The Bertz CT molecular complexity index is 1650. The lowest BCUT2D eigenvalue weighted by molar-refractivity contribution is 0.794. The van der Waals surface area contributed by atoms with Crippen molar-refractivity contribution in [2.45, 2.75) is 17.8 Å². The molecule has 3 aromatic carbocycles. The lowest BCUT2D eigenvalue weighted by Crippen LogP contribution is -1.97. The standard InChI is InChI=1S/C29H23N5S2/c1-19-12-14-21(15-13-19)28-30-22(17-35-28)18-36-29-33-32-27(34(29)2)24-16-26(20-8-4-3-5-9-20)31-25-11-7-6-10-23(24)25/h3-17H,18H2,1-2H3. The summed E-state index contributed by atoms with van der Waals surface area (Å²) in [5.74, 6) is 1.56. The summed E-state index contributed by atoms with van der Waals surface area (Å²) in [6, 6.07) is 29.1. The fourth-order valence-electron chi connectivity index (χ4n) is 4.13. The Kier molecular flexibility index (Phi) is 6.09. The zero-order valence-corrected chi connectivity index (χ0v) is 21.6. The highest BCUT2D eigenvalue weighted by atomic mass is 32.2. The van der Waals surface area contributed by atoms with E-state index in [-0.39, 0.29) is 0 Å². The van der Waals surface area contributed by atoms with Crippen molar-refractivity contribution in [2.24, 2.45) is 7.05 Å². The zero-order chi connectivity index (χ0) is 24.5. The molecule has 0 aliphatic carbocycles. The van der Waals surface area contributed by atoms with Crippen molar-refractivity contribution in [3.8, 4) is 33.2 Å². The van der Waals surface area contributed by atoms with Crippen LogP contribution >= 0.6 is 23.1 Å². The lowest BCUT2D eigenvalue weighted by atomic mass is 10.0. The fraction of sp³-hybridized carbons (Fsp3) is 0.103. The molecule has 0 aliphatic heterocycles. The lowest BCUT2D eigenvalue weighted by Gasteiger charge is -2.10. The van der Waals surface area contributed by atoms with Crippen molar-refractivity contribution in [2.75, 3.05) is 0 Å². The second-order valence-electron chi connectivity index (χ2n) is 8.60. The van der Waals surface area contributed by atoms with Gasteiger partial charge in [-0.2, -0.15) is 0 Å². The van der Waals surface area contributed by atoms with Crippen molar-refractivity contribution in [1.82, 2.24) is 24.7 Å². The fourth-order valence-corrected chi connectivity index (χ4v) is 5.87. The summed E-state index contributed by atoms with van der Waals surface area (Å²) in [6.45, 7) is 2.10. The molecule has 0 amide bonds. The van der Waals surface area contributed by atoms with Crippen molar-refractivity contribution >= 4 is 34.0 Å². The van der Waals surface area contributed by atoms with Crippen LogP contribution < -0.4 is 0 Å². The Hall–Kier alpha value is -3.81. The second-order valence-corrected chi connectivity index (χ2v) is 10.4. The van der Waals surface area contributed by atoms with Crippen LogP contribution in [0.15, 0.2) is 95.5 Å². The minimum absolute atomic E-state index is 0.737. The van der Waals surface area contributed by atoms with Gasteiger partial charge in [0.1, 0.15) is 5.01 Å². The minimum Gasteiger partial charge on any atom is -0.305 e. The first kappa shape index (κ1) is 22.6. The van der Waals surface area contributed by atoms with E-state index in [2.05, 4.69) is 75.6 Å². The van der Waals surface area contributed by atoms with Crippen LogP contribution in [0.5, 0.6) is 0 Å². The molecule has 7 heteroatoms. The molecule has 176 valence electrons. The molecule has 3 heterocycles. The molecule has 0 saturated heterocycles. The molecule has 0 bridgehead atoms. The number of aromatic nitrogens is 5. The normalized spacial score (nSPS) is 11.3. The molecule has 0 radical (unpaired) electrons. The van der Waals surface area contributed by atoms with Crippen LogP contribution in [0, 0.1) is 6.92 Å². The summed E-state index contributed by atoms with van der Waals surface area (Å²) in [6.07, 6.45) is 0. The van der Waals surface area contributed by atoms with E-state index in [1.807, 2.05) is 43.4 Å². The molecule has 0 saturated carbocycles. The van der Waals surface area contributed by atoms with Gasteiger partial charge in [0.2, 0.25) is 0 Å². The Balaban J connectivity index is 1.29. The molecule has 3 aromatic heterocycles. The van der Waals surface area contributed by atoms with Crippen LogP contribution in [0.3, 0.4) is 0 Å². The number of hydrogen-bond acceptors (Lipinski definition) is 6. The molecule has 6 rings (SSSR count). The van der Waals surface area contributed by atoms with Gasteiger partial charge in [-0.25, -0.2) is 9.97 Å². The summed E-state index contributed by atoms with van der Waals surface area (Å²) in [5, 5.41) is 14.2. The van der Waals surface area contributed by atoms with E-state index < -0.39 is 0 Å². The average Bonchev–Trinajstić information content (AvgIpc) is 3.54. The Morgan fingerprint density at radius 3 is 2.44 bits per heavy atom. The first-order chi connectivity index (χ1) is 17.7. The summed E-state index contributed by atoms with van der Waals surface area (Å²) in [5.41, 5.74) is 7.42. The number of aryl methyl sites for hydroxylation is 1. The van der Waals surface area contributed by atoms with Crippen LogP contribution in [-0.2, 0) is 12.8 Å². The zero-order valence-electron chi connectivity index (χ0n) is 19.9. The number of thioether (sulfide) groups is 1. The predicted octanol–water partition coefficient (Wildman–Crippen LogP) is 7.42. The summed E-state index contributed by atoms with van der Waals surface area (Å²) < 4.78 is 2.06. The smallest absolute Gasteiger partial charge is 0.191 e. The van der Waals surface area contributed by atoms with Gasteiger partial charge in [0.25, 0.3) is 0 Å². The van der Waals surface area contributed by atoms with Crippen molar-refractivity contribution in [3.63, 3.8) is 0 Å². The molecule has 36 heavy (non-hydrogen) atoms. The van der Waals surface area contributed by atoms with Crippen molar-refractivity contribution in [3.05, 3.63) is 102 Å². The van der Waals surface area contributed by atoms with Crippen LogP contribution in [0.25, 0.3) is 44.1 Å². The van der Waals surface area contributed by atoms with E-state index in [0.717, 1.165) is 60.7 Å². The summed E-state index contributed by atoms with van der Waals surface area (Å²) in [4.78, 5) is 9.74. The van der Waals surface area contributed by atoms with Crippen LogP contribution in [0.1, 0.15) is 11.3 Å². The van der Waals surface area contributed by atoms with E-state index in [1.165, 1.54) is 5.56 Å². The number of benzene rings is 3. The third-order valence-corrected chi connectivity index (χ3v) is 8.05. The number of nitrogens with zero attached hydrogens (tertiary/aromatic N) is 5. The molecular weight excluding hydrogens is 482 g/mol. The predicted molar refractivity (Wildman–Crippen MR) is 149 cm³/mol. The number of pyridine rings is 1. The highest BCUT2D eigenvalue weighted by Crippen LogP contribution is 2.33. The van der Waals surface area contributed by atoms with Crippen LogP contribution in [-0.4, -0.2) is 24.7 Å². The molecular formula is C29H23N5S2. The first-order valence-electron chi connectivity index (χ1n) is 11.6. The quantitative estimate of drug-likeness (QED) is 0.220. The third kappa shape index (κ3) is 4.43. The molecule has 6 aromatic rings. The van der Waals surface area contributed by atoms with E-state index >= 15 is 0 Å². The van der Waals surface area contributed by atoms with Crippen molar-refractivity contribution < 1.29 is 0 Å². The number of rotatable bonds is 6. The molecule has 0 unspecified atom stereocenters. The Morgan fingerprint density at radius 2 is 1.61 bits per heavy atom. The summed E-state index contributed by atoms with van der Waals surface area (Å²) >= 11 is 3.33. The highest BCUT2D eigenvalue weighted by molar-refractivity contribution is 7.98. The van der Waals surface area contributed by atoms with E-state index in [0.29, 0.717) is 0 Å². The Morgan fingerprint density at radius 1 is 0.833 bits per heavy atom. The van der Waals surface area contributed by atoms with Gasteiger partial charge in [0, 0.05) is 40.3 Å². The maximum Gasteiger partial charge on any atom is 0.191 e. The largest absolute Gasteiger partial charge is 0.305 e. The molecule has 0 aliphatic rings. The second kappa shape index (κ2) is 9.68. The molecule has 5 nitrogen and oxygen atoms in total. The van der Waals surface area contributed by atoms with Gasteiger partial charge in [-0.3, -0.25) is 0 Å². The average molecular weight is 506 g/mol. The number of hydrogen-bond donors (Lipinski definition) is 0. The van der Waals surface area contributed by atoms with Gasteiger partial charge >= 0.3 is 0 Å². The van der Waals surface area contributed by atoms with Gasteiger partial charge in [-0.1, -0.05) is 90.1 Å². The molecule has 0 fully saturated rings. The van der Waals surface area contributed by atoms with Crippen LogP contribution in [0.4, 0.5) is 0 Å². The van der Waals surface area contributed by atoms with Gasteiger partial charge in [-0.05, 0) is 19.1 Å². The maximum atomic E-state index is 4.91. The van der Waals surface area contributed by atoms with Crippen molar-refractivity contribution in [1.29, 1.82) is 0 Å². The SMILES string of the molecule is Cc1ccc(-c2nc(CSc3nnc(-c4cc(-c5ccccc5)nc5ccccc45)n3C)cs2)cc1. The minimum atomic E-state index is 0.737. The Labute approximate surface area is 217 Å². The van der Waals surface area contributed by atoms with Gasteiger partial charge < -0.3 is 4.57 Å². The maximum absolute atomic E-state index is 4.91. The topological polar surface area (TPSA) is 56.5 Å². The van der Waals surface area contributed by atoms with Gasteiger partial charge in [-0.15, -0.1) is 21.5 Å². The molecule has 0 spiro atoms. The molecule has 0 atom stereocenters. The van der Waals surface area contributed by atoms with E-state index in [4.69, 9.17) is 9.97 Å². The number of fused-ring (bicyclic) bond motifs is 1. The third-order valence-electron chi connectivity index (χ3n) is 6.06. The monoisotopic (exact) mass is 505 g/mol. The summed E-state index contributed by atoms with van der Waals surface area (Å²) in [7, 11) is 2.02. The van der Waals surface area contributed by atoms with Gasteiger partial charge in [0.05, 0.1) is 16.9 Å². The van der Waals surface area contributed by atoms with E-state index in [1.54, 1.807) is 23.1 Å².